The van der Waals surface area contributed by atoms with Crippen LogP contribution in [0.5, 0.6) is 0 Å². The largest absolute Gasteiger partial charge is 0.390 e. The second-order valence-electron chi connectivity index (χ2n) is 5.05. The van der Waals surface area contributed by atoms with Gasteiger partial charge >= 0.3 is 0 Å². The van der Waals surface area contributed by atoms with Gasteiger partial charge in [-0.15, -0.1) is 0 Å². The quantitative estimate of drug-likeness (QED) is 0.789. The second-order valence-corrected chi connectivity index (χ2v) is 5.05. The Labute approximate surface area is 118 Å². The Kier molecular flexibility index (Phi) is 3.28. The fourth-order valence-corrected chi connectivity index (χ4v) is 2.48. The number of hydrogen-bond donors (Lipinski definition) is 1. The van der Waals surface area contributed by atoms with Gasteiger partial charge in [0.05, 0.1) is 18.0 Å². The molecule has 3 rings (SSSR count). The molecule has 2 heterocycles. The first kappa shape index (κ1) is 12.9. The van der Waals surface area contributed by atoms with Crippen molar-refractivity contribution < 1.29 is 5.11 Å². The van der Waals surface area contributed by atoms with Crippen molar-refractivity contribution in [1.29, 1.82) is 0 Å². The van der Waals surface area contributed by atoms with Crippen molar-refractivity contribution in [2.24, 2.45) is 0 Å². The Morgan fingerprint density at radius 1 is 1.15 bits per heavy atom. The first-order chi connectivity index (χ1) is 9.72. The molecule has 2 aromatic heterocycles. The fourth-order valence-electron chi connectivity index (χ4n) is 2.48. The van der Waals surface area contributed by atoms with E-state index in [1.165, 1.54) is 11.1 Å². The Bertz CT molecular complexity index is 742. The molecule has 0 aliphatic carbocycles. The molecule has 0 amide bonds. The van der Waals surface area contributed by atoms with Gasteiger partial charge in [0.25, 0.3) is 0 Å². The SMILES string of the molecule is CCc1ccc(-c2nc3cc(C)ccn3c2CO)cc1. The van der Waals surface area contributed by atoms with Crippen LogP contribution in [0.15, 0.2) is 42.6 Å². The molecule has 0 aliphatic heterocycles. The number of aromatic nitrogens is 2. The first-order valence-electron chi connectivity index (χ1n) is 6.90. The molecule has 3 heteroatoms. The zero-order valence-electron chi connectivity index (χ0n) is 11.8. The molecule has 3 nitrogen and oxygen atoms in total. The van der Waals surface area contributed by atoms with Crippen LogP contribution >= 0.6 is 0 Å². The van der Waals surface area contributed by atoms with Gasteiger partial charge < -0.3 is 9.51 Å². The van der Waals surface area contributed by atoms with Crippen LogP contribution in [-0.2, 0) is 13.0 Å². The van der Waals surface area contributed by atoms with Crippen LogP contribution < -0.4 is 0 Å². The van der Waals surface area contributed by atoms with Gasteiger partial charge in [-0.25, -0.2) is 4.98 Å². The van der Waals surface area contributed by atoms with E-state index in [1.54, 1.807) is 0 Å². The van der Waals surface area contributed by atoms with Crippen LogP contribution in [0.4, 0.5) is 0 Å². The number of imidazole rings is 1. The number of fused-ring (bicyclic) bond motifs is 1. The zero-order valence-corrected chi connectivity index (χ0v) is 11.8. The minimum absolute atomic E-state index is 0.0188. The van der Waals surface area contributed by atoms with Crippen molar-refractivity contribution in [3.05, 3.63) is 59.4 Å². The molecule has 0 fully saturated rings. The molecule has 0 atom stereocenters. The molecule has 0 aliphatic rings. The third kappa shape index (κ3) is 2.10. The Balaban J connectivity index is 2.18. The van der Waals surface area contributed by atoms with Gasteiger partial charge in [-0.1, -0.05) is 31.2 Å². The minimum Gasteiger partial charge on any atom is -0.390 e. The molecule has 0 saturated carbocycles. The van der Waals surface area contributed by atoms with Gasteiger partial charge in [0.2, 0.25) is 0 Å². The lowest BCUT2D eigenvalue weighted by atomic mass is 10.1. The van der Waals surface area contributed by atoms with Crippen LogP contribution in [0.2, 0.25) is 0 Å². The predicted octanol–water partition coefficient (Wildman–Crippen LogP) is 3.36. The number of hydrogen-bond acceptors (Lipinski definition) is 2. The van der Waals surface area contributed by atoms with E-state index in [0.717, 1.165) is 29.0 Å². The topological polar surface area (TPSA) is 37.5 Å². The summed E-state index contributed by atoms with van der Waals surface area (Å²) in [6.07, 6.45) is 2.99. The minimum atomic E-state index is -0.0188. The molecule has 3 aromatic rings. The highest BCUT2D eigenvalue weighted by molar-refractivity contribution is 5.67. The molecule has 102 valence electrons. The van der Waals surface area contributed by atoms with E-state index >= 15 is 0 Å². The molecular weight excluding hydrogens is 248 g/mol. The summed E-state index contributed by atoms with van der Waals surface area (Å²) < 4.78 is 1.95. The zero-order chi connectivity index (χ0) is 14.1. The summed E-state index contributed by atoms with van der Waals surface area (Å²) in [5.41, 5.74) is 6.10. The molecule has 0 radical (unpaired) electrons. The van der Waals surface area contributed by atoms with Crippen molar-refractivity contribution in [2.75, 3.05) is 0 Å². The summed E-state index contributed by atoms with van der Waals surface area (Å²) in [6.45, 7) is 4.17. The van der Waals surface area contributed by atoms with Crippen LogP contribution in [0.3, 0.4) is 0 Å². The summed E-state index contributed by atoms with van der Waals surface area (Å²) in [4.78, 5) is 4.67. The molecule has 0 saturated heterocycles. The molecule has 0 bridgehead atoms. The molecular formula is C17H18N2O. The Morgan fingerprint density at radius 3 is 2.55 bits per heavy atom. The molecule has 0 unspecified atom stereocenters. The number of rotatable bonds is 3. The van der Waals surface area contributed by atoms with Crippen LogP contribution in [0.1, 0.15) is 23.7 Å². The predicted molar refractivity (Wildman–Crippen MR) is 80.7 cm³/mol. The number of pyridine rings is 1. The van der Waals surface area contributed by atoms with E-state index in [-0.39, 0.29) is 6.61 Å². The summed E-state index contributed by atoms with van der Waals surface area (Å²) >= 11 is 0. The summed E-state index contributed by atoms with van der Waals surface area (Å²) in [5.74, 6) is 0. The number of benzene rings is 1. The van der Waals surface area contributed by atoms with Crippen molar-refractivity contribution >= 4 is 5.65 Å². The number of aryl methyl sites for hydroxylation is 2. The number of aliphatic hydroxyl groups excluding tert-OH is 1. The van der Waals surface area contributed by atoms with Gasteiger partial charge in [-0.2, -0.15) is 0 Å². The normalized spacial score (nSPS) is 11.2. The molecule has 0 spiro atoms. The maximum absolute atomic E-state index is 9.68. The monoisotopic (exact) mass is 266 g/mol. The number of aliphatic hydroxyl groups is 1. The lowest BCUT2D eigenvalue weighted by Gasteiger charge is -2.03. The van der Waals surface area contributed by atoms with Gasteiger partial charge in [0.15, 0.2) is 0 Å². The van der Waals surface area contributed by atoms with Crippen LogP contribution in [-0.4, -0.2) is 14.5 Å². The van der Waals surface area contributed by atoms with Crippen LogP contribution in [0, 0.1) is 6.92 Å². The summed E-state index contributed by atoms with van der Waals surface area (Å²) in [5, 5.41) is 9.68. The van der Waals surface area contributed by atoms with Gasteiger partial charge in [-0.05, 0) is 36.6 Å². The highest BCUT2D eigenvalue weighted by Crippen LogP contribution is 2.25. The van der Waals surface area contributed by atoms with E-state index in [9.17, 15) is 5.11 Å². The van der Waals surface area contributed by atoms with Crippen molar-refractivity contribution in [1.82, 2.24) is 9.38 Å². The Morgan fingerprint density at radius 2 is 1.90 bits per heavy atom. The standard InChI is InChI=1S/C17H18N2O/c1-3-13-4-6-14(7-5-13)17-15(11-20)19-9-8-12(2)10-16(19)18-17/h4-10,20H,3,11H2,1-2H3. The average molecular weight is 266 g/mol. The van der Waals surface area contributed by atoms with Gasteiger partial charge in [0, 0.05) is 11.8 Å². The van der Waals surface area contributed by atoms with Crippen molar-refractivity contribution in [3.8, 4) is 11.3 Å². The van der Waals surface area contributed by atoms with E-state index in [0.29, 0.717) is 0 Å². The van der Waals surface area contributed by atoms with Gasteiger partial charge in [0.1, 0.15) is 5.65 Å². The number of nitrogens with zero attached hydrogens (tertiary/aromatic N) is 2. The third-order valence-electron chi connectivity index (χ3n) is 3.67. The highest BCUT2D eigenvalue weighted by atomic mass is 16.3. The lowest BCUT2D eigenvalue weighted by Crippen LogP contribution is -1.94. The van der Waals surface area contributed by atoms with Gasteiger partial charge in [-0.3, -0.25) is 0 Å². The average Bonchev–Trinajstić information content (AvgIpc) is 2.84. The maximum Gasteiger partial charge on any atom is 0.138 e. The maximum atomic E-state index is 9.68. The molecule has 1 N–H and O–H groups in total. The molecule has 1 aromatic carbocycles. The lowest BCUT2D eigenvalue weighted by molar-refractivity contribution is 0.276. The van der Waals surface area contributed by atoms with E-state index in [2.05, 4.69) is 36.2 Å². The highest BCUT2D eigenvalue weighted by Gasteiger charge is 2.13. The Hall–Kier alpha value is -2.13. The first-order valence-corrected chi connectivity index (χ1v) is 6.90. The van der Waals surface area contributed by atoms with E-state index in [4.69, 9.17) is 0 Å². The van der Waals surface area contributed by atoms with Crippen molar-refractivity contribution in [3.63, 3.8) is 0 Å². The molecule has 20 heavy (non-hydrogen) atoms. The van der Waals surface area contributed by atoms with Crippen LogP contribution in [0.25, 0.3) is 16.9 Å². The summed E-state index contributed by atoms with van der Waals surface area (Å²) in [6, 6.07) is 12.4. The third-order valence-corrected chi connectivity index (χ3v) is 3.67. The van der Waals surface area contributed by atoms with Crippen molar-refractivity contribution in [2.45, 2.75) is 26.9 Å². The fraction of sp³-hybridized carbons (Fsp3) is 0.235. The summed E-state index contributed by atoms with van der Waals surface area (Å²) in [7, 11) is 0. The van der Waals surface area contributed by atoms with E-state index < -0.39 is 0 Å². The smallest absolute Gasteiger partial charge is 0.138 e. The van der Waals surface area contributed by atoms with E-state index in [1.807, 2.05) is 29.7 Å². The second kappa shape index (κ2) is 5.10.